The number of carboxylic acid groups (broad SMARTS) is 1. The minimum Gasteiger partial charge on any atom is -0.478 e. The van der Waals surface area contributed by atoms with Crippen molar-refractivity contribution in [2.24, 2.45) is 0 Å². The fraction of sp³-hybridized carbons (Fsp3) is 0.296. The van der Waals surface area contributed by atoms with Crippen LogP contribution in [0.3, 0.4) is 0 Å². The summed E-state index contributed by atoms with van der Waals surface area (Å²) in [5.41, 5.74) is 5.43. The molecule has 1 fully saturated rings. The summed E-state index contributed by atoms with van der Waals surface area (Å²) in [4.78, 5) is 21.3. The Bertz CT molecular complexity index is 1410. The van der Waals surface area contributed by atoms with E-state index in [1.54, 1.807) is 17.8 Å². The number of thioether (sulfide) groups is 1. The number of aromatic carboxylic acids is 1. The van der Waals surface area contributed by atoms with Gasteiger partial charge in [-0.25, -0.2) is 14.8 Å². The fourth-order valence-corrected chi connectivity index (χ4v) is 6.09. The van der Waals surface area contributed by atoms with Crippen molar-refractivity contribution in [3.05, 3.63) is 70.6 Å². The van der Waals surface area contributed by atoms with Crippen molar-refractivity contribution in [1.29, 1.82) is 0 Å². The lowest BCUT2D eigenvalue weighted by Crippen LogP contribution is -2.14. The Labute approximate surface area is 213 Å². The molecule has 1 saturated carbocycles. The quantitative estimate of drug-likeness (QED) is 0.273. The first-order chi connectivity index (χ1) is 16.9. The molecule has 1 aliphatic rings. The number of benzene rings is 2. The Morgan fingerprint density at radius 2 is 2.00 bits per heavy atom. The van der Waals surface area contributed by atoms with Gasteiger partial charge in [-0.1, -0.05) is 30.2 Å². The summed E-state index contributed by atoms with van der Waals surface area (Å²) >= 11 is 8.18. The Morgan fingerprint density at radius 1 is 1.17 bits per heavy atom. The molecule has 0 radical (unpaired) electrons. The molecule has 6 nitrogen and oxygen atoms in total. The molecule has 0 atom stereocenters. The predicted octanol–water partition coefficient (Wildman–Crippen LogP) is 6.82. The van der Waals surface area contributed by atoms with Crippen LogP contribution >= 0.6 is 23.4 Å². The summed E-state index contributed by atoms with van der Waals surface area (Å²) in [5, 5.41) is 15.4. The van der Waals surface area contributed by atoms with E-state index >= 15 is 0 Å². The number of fused-ring (bicyclic) bond motifs is 1. The van der Waals surface area contributed by atoms with E-state index in [2.05, 4.69) is 39.8 Å². The monoisotopic (exact) mass is 506 g/mol. The molecule has 2 aromatic heterocycles. The number of nitrogens with one attached hydrogen (secondary N) is 1. The third kappa shape index (κ3) is 4.88. The molecular weight excluding hydrogens is 480 g/mol. The maximum atomic E-state index is 11.7. The maximum absolute atomic E-state index is 11.7. The molecule has 5 rings (SSSR count). The number of hydrogen-bond donors (Lipinski definition) is 2. The molecule has 0 unspecified atom stereocenters. The van der Waals surface area contributed by atoms with Crippen molar-refractivity contribution in [2.45, 2.75) is 49.8 Å². The molecule has 0 aliphatic heterocycles. The van der Waals surface area contributed by atoms with E-state index < -0.39 is 5.97 Å². The van der Waals surface area contributed by atoms with Crippen molar-refractivity contribution in [2.75, 3.05) is 11.9 Å². The highest BCUT2D eigenvalue weighted by Gasteiger charge is 2.22. The lowest BCUT2D eigenvalue weighted by atomic mass is 10.00. The zero-order valence-corrected chi connectivity index (χ0v) is 21.3. The van der Waals surface area contributed by atoms with Crippen LogP contribution < -0.4 is 5.32 Å². The van der Waals surface area contributed by atoms with Crippen LogP contribution in [0.25, 0.3) is 22.2 Å². The third-order valence-corrected chi connectivity index (χ3v) is 8.30. The lowest BCUT2D eigenvalue weighted by Gasteiger charge is -2.25. The van der Waals surface area contributed by atoms with Crippen molar-refractivity contribution in [1.82, 2.24) is 14.5 Å². The van der Waals surface area contributed by atoms with E-state index in [1.807, 2.05) is 30.3 Å². The van der Waals surface area contributed by atoms with Crippen LogP contribution in [0.1, 0.15) is 40.9 Å². The molecule has 180 valence electrons. The number of aromatic nitrogens is 3. The molecule has 35 heavy (non-hydrogen) atoms. The van der Waals surface area contributed by atoms with Crippen LogP contribution in [0.2, 0.25) is 5.02 Å². The van der Waals surface area contributed by atoms with Crippen molar-refractivity contribution < 1.29 is 9.90 Å². The smallest absolute Gasteiger partial charge is 0.336 e. The number of anilines is 1. The van der Waals surface area contributed by atoms with Gasteiger partial charge in [-0.05, 0) is 56.5 Å². The highest BCUT2D eigenvalue weighted by molar-refractivity contribution is 8.00. The summed E-state index contributed by atoms with van der Waals surface area (Å²) in [6.07, 6.45) is 5.02. The summed E-state index contributed by atoms with van der Waals surface area (Å²) in [6, 6.07) is 13.5. The molecule has 2 N–H and O–H groups in total. The van der Waals surface area contributed by atoms with E-state index in [0.717, 1.165) is 57.6 Å². The van der Waals surface area contributed by atoms with Gasteiger partial charge in [-0.3, -0.25) is 0 Å². The molecule has 4 aromatic rings. The van der Waals surface area contributed by atoms with E-state index in [9.17, 15) is 9.90 Å². The minimum absolute atomic E-state index is 0.348. The van der Waals surface area contributed by atoms with Crippen molar-refractivity contribution in [3.63, 3.8) is 0 Å². The topological polar surface area (TPSA) is 80.0 Å². The van der Waals surface area contributed by atoms with E-state index in [4.69, 9.17) is 11.6 Å². The molecule has 2 heterocycles. The summed E-state index contributed by atoms with van der Waals surface area (Å²) in [5.74, 6) is -0.173. The van der Waals surface area contributed by atoms with Gasteiger partial charge in [0.25, 0.3) is 0 Å². The summed E-state index contributed by atoms with van der Waals surface area (Å²) < 4.78 is 2.23. The average molecular weight is 507 g/mol. The Balaban J connectivity index is 1.33. The SMILES string of the molecule is Cc1ccc(Cl)c2c1cc(C)n2CCNc1cc(-c2ccc(C(=O)O)c(SC3CCC3)c2)ncn1. The number of carbonyl (C=O) groups is 1. The first kappa shape index (κ1) is 23.7. The second kappa shape index (κ2) is 9.91. The van der Waals surface area contributed by atoms with Crippen LogP contribution in [-0.2, 0) is 6.54 Å². The van der Waals surface area contributed by atoms with E-state index in [1.165, 1.54) is 23.7 Å². The normalized spacial score (nSPS) is 13.7. The largest absolute Gasteiger partial charge is 0.478 e. The van der Waals surface area contributed by atoms with Crippen LogP contribution in [0, 0.1) is 13.8 Å². The van der Waals surface area contributed by atoms with Gasteiger partial charge in [0, 0.05) is 45.9 Å². The molecular formula is C27H27ClN4O2S. The van der Waals surface area contributed by atoms with Crippen molar-refractivity contribution >= 4 is 46.1 Å². The molecule has 0 bridgehead atoms. The second-order valence-corrected chi connectivity index (χ2v) is 10.7. The Kier molecular flexibility index (Phi) is 6.71. The van der Waals surface area contributed by atoms with Gasteiger partial charge in [0.15, 0.2) is 0 Å². The van der Waals surface area contributed by atoms with Gasteiger partial charge in [-0.2, -0.15) is 0 Å². The number of carboxylic acids is 1. The van der Waals surface area contributed by atoms with Gasteiger partial charge in [-0.15, -0.1) is 11.8 Å². The number of nitrogens with zero attached hydrogens (tertiary/aromatic N) is 3. The van der Waals surface area contributed by atoms with Crippen LogP contribution in [0.4, 0.5) is 5.82 Å². The highest BCUT2D eigenvalue weighted by atomic mass is 35.5. The average Bonchev–Trinajstić information content (AvgIpc) is 3.16. The summed E-state index contributed by atoms with van der Waals surface area (Å²) in [6.45, 7) is 5.61. The number of halogens is 1. The molecule has 8 heteroatoms. The highest BCUT2D eigenvalue weighted by Crippen LogP contribution is 2.39. The standard InChI is InChI=1S/C27H27ClN4O2S/c1-16-6-9-22(28)26-21(16)12-17(2)32(26)11-10-29-25-14-23(30-15-31-25)18-7-8-20(27(33)34)24(13-18)35-19-4-3-5-19/h6-9,12-15,19H,3-5,10-11H2,1-2H3,(H,33,34)(H,29,30,31). The predicted molar refractivity (Wildman–Crippen MR) is 143 cm³/mol. The van der Waals surface area contributed by atoms with Crippen molar-refractivity contribution in [3.8, 4) is 11.3 Å². The van der Waals surface area contributed by atoms with Crippen LogP contribution in [0.5, 0.6) is 0 Å². The zero-order valence-electron chi connectivity index (χ0n) is 19.7. The Morgan fingerprint density at radius 3 is 2.74 bits per heavy atom. The van der Waals surface area contributed by atoms with Crippen LogP contribution in [0.15, 0.2) is 53.7 Å². The maximum Gasteiger partial charge on any atom is 0.336 e. The molecule has 0 saturated heterocycles. The third-order valence-electron chi connectivity index (χ3n) is 6.60. The summed E-state index contributed by atoms with van der Waals surface area (Å²) in [7, 11) is 0. The van der Waals surface area contributed by atoms with Crippen LogP contribution in [-0.4, -0.2) is 37.4 Å². The molecule has 1 aliphatic carbocycles. The van der Waals surface area contributed by atoms with Gasteiger partial charge in [0.1, 0.15) is 12.1 Å². The van der Waals surface area contributed by atoms with Gasteiger partial charge >= 0.3 is 5.97 Å². The Hall–Kier alpha value is -3.03. The number of hydrogen-bond acceptors (Lipinski definition) is 5. The van der Waals surface area contributed by atoms with E-state index in [-0.39, 0.29) is 0 Å². The first-order valence-corrected chi connectivity index (χ1v) is 13.0. The van der Waals surface area contributed by atoms with Gasteiger partial charge < -0.3 is 15.0 Å². The zero-order chi connectivity index (χ0) is 24.5. The van der Waals surface area contributed by atoms with Gasteiger partial charge in [0.2, 0.25) is 0 Å². The molecule has 0 spiro atoms. The lowest BCUT2D eigenvalue weighted by molar-refractivity contribution is 0.0693. The number of rotatable bonds is 8. The molecule has 2 aromatic carbocycles. The number of aryl methyl sites for hydroxylation is 2. The molecule has 0 amide bonds. The fourth-order valence-electron chi connectivity index (χ4n) is 4.42. The minimum atomic E-state index is -0.897. The van der Waals surface area contributed by atoms with E-state index in [0.29, 0.717) is 17.4 Å². The van der Waals surface area contributed by atoms with Gasteiger partial charge in [0.05, 0.1) is 21.8 Å². The second-order valence-electron chi connectivity index (χ2n) is 8.97. The first-order valence-electron chi connectivity index (χ1n) is 11.8.